The van der Waals surface area contributed by atoms with E-state index in [1.807, 2.05) is 12.4 Å². The molecule has 0 amide bonds. The van der Waals surface area contributed by atoms with Crippen molar-refractivity contribution in [3.63, 3.8) is 0 Å². The van der Waals surface area contributed by atoms with E-state index < -0.39 is 10.0 Å². The summed E-state index contributed by atoms with van der Waals surface area (Å²) < 4.78 is 26.5. The minimum atomic E-state index is -3.32. The average Bonchev–Trinajstić information content (AvgIpc) is 2.78. The molecule has 1 aromatic rings. The number of nitrogens with one attached hydrogen (secondary N) is 1. The highest BCUT2D eigenvalue weighted by Gasteiger charge is 2.23. The Morgan fingerprint density at radius 3 is 2.72 bits per heavy atom. The van der Waals surface area contributed by atoms with Gasteiger partial charge in [0.1, 0.15) is 4.21 Å². The molecule has 18 heavy (non-hydrogen) atoms. The van der Waals surface area contributed by atoms with Crippen molar-refractivity contribution in [2.75, 3.05) is 20.6 Å². The van der Waals surface area contributed by atoms with Gasteiger partial charge in [-0.1, -0.05) is 20.3 Å². The van der Waals surface area contributed by atoms with Gasteiger partial charge in [0.25, 0.3) is 10.0 Å². The quantitative estimate of drug-likeness (QED) is 0.837. The van der Waals surface area contributed by atoms with Gasteiger partial charge in [-0.3, -0.25) is 0 Å². The van der Waals surface area contributed by atoms with Crippen LogP contribution in [0.5, 0.6) is 0 Å². The maximum Gasteiger partial charge on any atom is 0.252 e. The molecule has 1 aromatic heterocycles. The molecule has 1 atom stereocenters. The van der Waals surface area contributed by atoms with Gasteiger partial charge in [-0.05, 0) is 30.0 Å². The summed E-state index contributed by atoms with van der Waals surface area (Å²) in [5.74, 6) is 0.376. The largest absolute Gasteiger partial charge is 0.316 e. The second-order valence-corrected chi connectivity index (χ2v) is 7.79. The molecule has 0 aliphatic heterocycles. The Bertz CT molecular complexity index is 468. The maximum absolute atomic E-state index is 12.3. The van der Waals surface area contributed by atoms with Crippen LogP contribution in [0.2, 0.25) is 0 Å². The Morgan fingerprint density at radius 2 is 2.17 bits per heavy atom. The SMILES string of the molecule is CCC(C)CN(C)S(=O)(=O)c1cc(CNC)cs1. The molecule has 0 aliphatic carbocycles. The Labute approximate surface area is 114 Å². The van der Waals surface area contributed by atoms with E-state index in [9.17, 15) is 8.42 Å². The fourth-order valence-corrected chi connectivity index (χ4v) is 4.31. The average molecular weight is 290 g/mol. The molecule has 0 saturated heterocycles. The van der Waals surface area contributed by atoms with Crippen LogP contribution < -0.4 is 5.32 Å². The Balaban J connectivity index is 2.84. The van der Waals surface area contributed by atoms with E-state index in [4.69, 9.17) is 0 Å². The molecule has 4 nitrogen and oxygen atoms in total. The summed E-state index contributed by atoms with van der Waals surface area (Å²) in [5.41, 5.74) is 1.01. The summed E-state index contributed by atoms with van der Waals surface area (Å²) in [5, 5.41) is 4.91. The van der Waals surface area contributed by atoms with Gasteiger partial charge in [-0.2, -0.15) is 4.31 Å². The van der Waals surface area contributed by atoms with Gasteiger partial charge in [0, 0.05) is 20.1 Å². The van der Waals surface area contributed by atoms with Crippen LogP contribution in [0.3, 0.4) is 0 Å². The molecule has 0 radical (unpaired) electrons. The highest BCUT2D eigenvalue weighted by molar-refractivity contribution is 7.91. The Hall–Kier alpha value is -0.430. The summed E-state index contributed by atoms with van der Waals surface area (Å²) in [6.07, 6.45) is 0.981. The van der Waals surface area contributed by atoms with Crippen LogP contribution in [0.1, 0.15) is 25.8 Å². The predicted molar refractivity (Wildman–Crippen MR) is 76.4 cm³/mol. The molecule has 1 N–H and O–H groups in total. The van der Waals surface area contributed by atoms with Crippen molar-refractivity contribution in [1.82, 2.24) is 9.62 Å². The van der Waals surface area contributed by atoms with Gasteiger partial charge >= 0.3 is 0 Å². The minimum Gasteiger partial charge on any atom is -0.316 e. The molecule has 1 heterocycles. The van der Waals surface area contributed by atoms with Crippen molar-refractivity contribution < 1.29 is 8.42 Å². The van der Waals surface area contributed by atoms with Crippen molar-refractivity contribution in [2.24, 2.45) is 5.92 Å². The van der Waals surface area contributed by atoms with E-state index in [0.717, 1.165) is 12.0 Å². The van der Waals surface area contributed by atoms with Gasteiger partial charge in [0.2, 0.25) is 0 Å². The number of thiophene rings is 1. The first-order chi connectivity index (χ1) is 8.41. The molecule has 0 bridgehead atoms. The summed E-state index contributed by atoms with van der Waals surface area (Å²) in [6, 6.07) is 1.75. The van der Waals surface area contributed by atoms with Gasteiger partial charge < -0.3 is 5.32 Å². The Kier molecular flexibility index (Phi) is 5.78. The lowest BCUT2D eigenvalue weighted by Crippen LogP contribution is -2.30. The zero-order valence-corrected chi connectivity index (χ0v) is 13.1. The van der Waals surface area contributed by atoms with Crippen LogP contribution in [0, 0.1) is 5.92 Å². The zero-order chi connectivity index (χ0) is 13.8. The lowest BCUT2D eigenvalue weighted by atomic mass is 10.1. The summed E-state index contributed by atoms with van der Waals surface area (Å²) in [7, 11) is 0.182. The normalized spacial score (nSPS) is 14.1. The van der Waals surface area contributed by atoms with Crippen molar-refractivity contribution in [2.45, 2.75) is 31.0 Å². The molecular weight excluding hydrogens is 268 g/mol. The molecule has 0 saturated carbocycles. The molecule has 1 rings (SSSR count). The molecule has 0 spiro atoms. The van der Waals surface area contributed by atoms with E-state index in [1.54, 1.807) is 13.1 Å². The van der Waals surface area contributed by atoms with Crippen LogP contribution in [0.4, 0.5) is 0 Å². The topological polar surface area (TPSA) is 49.4 Å². The van der Waals surface area contributed by atoms with Crippen LogP contribution >= 0.6 is 11.3 Å². The first-order valence-electron chi connectivity index (χ1n) is 6.10. The highest BCUT2D eigenvalue weighted by atomic mass is 32.2. The van der Waals surface area contributed by atoms with Gasteiger partial charge in [0.15, 0.2) is 0 Å². The fourth-order valence-electron chi connectivity index (χ4n) is 1.60. The third-order valence-electron chi connectivity index (χ3n) is 2.94. The zero-order valence-electron chi connectivity index (χ0n) is 11.4. The maximum atomic E-state index is 12.3. The van der Waals surface area contributed by atoms with E-state index in [0.29, 0.717) is 23.2 Å². The number of rotatable bonds is 7. The van der Waals surface area contributed by atoms with E-state index >= 15 is 0 Å². The second kappa shape index (κ2) is 6.65. The number of sulfonamides is 1. The summed E-state index contributed by atoms with van der Waals surface area (Å²) in [4.78, 5) is 0. The van der Waals surface area contributed by atoms with Crippen molar-refractivity contribution in [3.8, 4) is 0 Å². The van der Waals surface area contributed by atoms with E-state index in [-0.39, 0.29) is 0 Å². The fraction of sp³-hybridized carbons (Fsp3) is 0.667. The molecule has 0 aliphatic rings. The third kappa shape index (κ3) is 3.78. The van der Waals surface area contributed by atoms with Crippen LogP contribution in [-0.4, -0.2) is 33.4 Å². The predicted octanol–water partition coefficient (Wildman–Crippen LogP) is 2.13. The lowest BCUT2D eigenvalue weighted by molar-refractivity contribution is 0.394. The molecular formula is C12H22N2O2S2. The highest BCUT2D eigenvalue weighted by Crippen LogP contribution is 2.24. The summed E-state index contributed by atoms with van der Waals surface area (Å²) in [6.45, 7) is 5.40. The first-order valence-corrected chi connectivity index (χ1v) is 8.42. The van der Waals surface area contributed by atoms with Crippen molar-refractivity contribution >= 4 is 21.4 Å². The van der Waals surface area contributed by atoms with Crippen molar-refractivity contribution in [1.29, 1.82) is 0 Å². The molecule has 0 aromatic carbocycles. The van der Waals surface area contributed by atoms with Crippen LogP contribution in [0.25, 0.3) is 0 Å². The number of nitrogens with zero attached hydrogens (tertiary/aromatic N) is 1. The van der Waals surface area contributed by atoms with Crippen LogP contribution in [-0.2, 0) is 16.6 Å². The molecule has 1 unspecified atom stereocenters. The number of hydrogen-bond acceptors (Lipinski definition) is 4. The smallest absolute Gasteiger partial charge is 0.252 e. The van der Waals surface area contributed by atoms with Gasteiger partial charge in [-0.15, -0.1) is 11.3 Å². The van der Waals surface area contributed by atoms with E-state index in [1.165, 1.54) is 15.6 Å². The van der Waals surface area contributed by atoms with Gasteiger partial charge in [0.05, 0.1) is 0 Å². The lowest BCUT2D eigenvalue weighted by Gasteiger charge is -2.19. The number of hydrogen-bond donors (Lipinski definition) is 1. The third-order valence-corrected chi connectivity index (χ3v) is 6.23. The van der Waals surface area contributed by atoms with Crippen LogP contribution in [0.15, 0.2) is 15.7 Å². The van der Waals surface area contributed by atoms with E-state index in [2.05, 4.69) is 19.2 Å². The standard InChI is InChI=1S/C12H22N2O2S2/c1-5-10(2)8-14(4)18(15,16)12-6-11(7-13-3)9-17-12/h6,9-10,13H,5,7-8H2,1-4H3. The summed E-state index contributed by atoms with van der Waals surface area (Å²) >= 11 is 1.29. The van der Waals surface area contributed by atoms with Crippen molar-refractivity contribution in [3.05, 3.63) is 17.0 Å². The minimum absolute atomic E-state index is 0.376. The van der Waals surface area contributed by atoms with Gasteiger partial charge in [-0.25, -0.2) is 8.42 Å². The second-order valence-electron chi connectivity index (χ2n) is 4.60. The molecule has 104 valence electrons. The molecule has 0 fully saturated rings. The monoisotopic (exact) mass is 290 g/mol. The Morgan fingerprint density at radius 1 is 1.50 bits per heavy atom. The molecule has 6 heteroatoms. The first kappa shape index (κ1) is 15.6.